The number of benzene rings is 1. The molecule has 2 atom stereocenters. The molecule has 37 heavy (non-hydrogen) atoms. The minimum atomic E-state index is -0.892. The van der Waals surface area contributed by atoms with Gasteiger partial charge in [0.2, 0.25) is 5.91 Å². The zero-order chi connectivity index (χ0) is 26.2. The number of amides is 3. The van der Waals surface area contributed by atoms with Gasteiger partial charge in [0.05, 0.1) is 17.7 Å². The number of aliphatic hydroxyl groups excluding tert-OH is 2. The Morgan fingerprint density at radius 3 is 2.32 bits per heavy atom. The quantitative estimate of drug-likeness (QED) is 0.587. The summed E-state index contributed by atoms with van der Waals surface area (Å²) in [5.41, 5.74) is 1.15. The molecular weight excluding hydrogens is 468 g/mol. The maximum Gasteiger partial charge on any atom is 0.320 e. The SMILES string of the molecule is CN(C)C1(c2ccccc2)CCC2(CC1)CN(CCC(=O)N1CC[C@H](O)[C@@H](O)C1)C(=O)N2CC1CCC1. The highest BCUT2D eigenvalue weighted by Crippen LogP contribution is 2.49. The summed E-state index contributed by atoms with van der Waals surface area (Å²) in [6.45, 7) is 2.55. The lowest BCUT2D eigenvalue weighted by molar-refractivity contribution is -0.137. The predicted octanol–water partition coefficient (Wildman–Crippen LogP) is 2.64. The molecule has 0 unspecified atom stereocenters. The van der Waals surface area contributed by atoms with Gasteiger partial charge >= 0.3 is 6.03 Å². The zero-order valence-corrected chi connectivity index (χ0v) is 22.5. The number of rotatable bonds is 7. The van der Waals surface area contributed by atoms with Crippen LogP contribution in [0.3, 0.4) is 0 Å². The molecule has 0 radical (unpaired) electrons. The van der Waals surface area contributed by atoms with E-state index in [0.717, 1.165) is 32.2 Å². The summed E-state index contributed by atoms with van der Waals surface area (Å²) in [7, 11) is 4.34. The Labute approximate surface area is 221 Å². The Kier molecular flexibility index (Phi) is 7.53. The monoisotopic (exact) mass is 512 g/mol. The molecule has 2 N–H and O–H groups in total. The molecule has 5 rings (SSSR count). The predicted molar refractivity (Wildman–Crippen MR) is 142 cm³/mol. The zero-order valence-electron chi connectivity index (χ0n) is 22.5. The lowest BCUT2D eigenvalue weighted by atomic mass is 9.68. The standard InChI is InChI=1S/C29H44N4O4/c1-30(2)29(23-9-4-3-5-10-23)15-13-28(14-16-29)21-32(27(37)33(28)19-22-7-6-8-22)18-12-26(36)31-17-11-24(34)25(35)20-31/h3-5,9-10,22,24-25,34-35H,6-8,11-21H2,1-2H3/t24-,25-,28?,29?/m0/s1. The van der Waals surface area contributed by atoms with Crippen LogP contribution in [0.25, 0.3) is 0 Å². The van der Waals surface area contributed by atoms with Crippen LogP contribution in [-0.4, -0.2) is 106 Å². The molecule has 8 heteroatoms. The van der Waals surface area contributed by atoms with E-state index in [0.29, 0.717) is 32.0 Å². The molecule has 2 saturated heterocycles. The van der Waals surface area contributed by atoms with Gasteiger partial charge in [-0.2, -0.15) is 0 Å². The molecule has 4 aliphatic rings. The third-order valence-electron chi connectivity index (χ3n) is 9.89. The van der Waals surface area contributed by atoms with Crippen LogP contribution >= 0.6 is 0 Å². The molecule has 2 aliphatic heterocycles. The average Bonchev–Trinajstić information content (AvgIpc) is 3.12. The second-order valence-electron chi connectivity index (χ2n) is 12.1. The van der Waals surface area contributed by atoms with Crippen molar-refractivity contribution < 1.29 is 19.8 Å². The number of carbonyl (C=O) groups excluding carboxylic acids is 2. The van der Waals surface area contributed by atoms with E-state index in [1.54, 1.807) is 4.90 Å². The number of aliphatic hydroxyl groups is 2. The molecule has 4 fully saturated rings. The summed E-state index contributed by atoms with van der Waals surface area (Å²) >= 11 is 0. The van der Waals surface area contributed by atoms with Crippen molar-refractivity contribution in [2.75, 3.05) is 46.8 Å². The van der Waals surface area contributed by atoms with Crippen molar-refractivity contribution in [3.05, 3.63) is 35.9 Å². The van der Waals surface area contributed by atoms with Crippen LogP contribution in [0, 0.1) is 5.92 Å². The molecule has 3 amide bonds. The van der Waals surface area contributed by atoms with Gasteiger partial charge in [-0.3, -0.25) is 9.69 Å². The van der Waals surface area contributed by atoms with E-state index in [-0.39, 0.29) is 36.0 Å². The van der Waals surface area contributed by atoms with Crippen molar-refractivity contribution in [3.8, 4) is 0 Å². The molecule has 2 aliphatic carbocycles. The number of hydrogen-bond donors (Lipinski definition) is 2. The summed E-state index contributed by atoms with van der Waals surface area (Å²) in [4.78, 5) is 34.7. The van der Waals surface area contributed by atoms with Crippen molar-refractivity contribution in [1.29, 1.82) is 0 Å². The normalized spacial score (nSPS) is 32.9. The molecule has 1 spiro atoms. The van der Waals surface area contributed by atoms with Crippen LogP contribution in [0.4, 0.5) is 4.79 Å². The molecular formula is C29H44N4O4. The van der Waals surface area contributed by atoms with E-state index in [9.17, 15) is 19.8 Å². The van der Waals surface area contributed by atoms with Crippen molar-refractivity contribution in [2.45, 2.75) is 81.1 Å². The van der Waals surface area contributed by atoms with Gasteiger partial charge in [0, 0.05) is 44.7 Å². The summed E-state index contributed by atoms with van der Waals surface area (Å²) in [5, 5.41) is 19.8. The van der Waals surface area contributed by atoms with Crippen LogP contribution in [0.1, 0.15) is 63.4 Å². The third-order valence-corrected chi connectivity index (χ3v) is 9.89. The van der Waals surface area contributed by atoms with Crippen LogP contribution in [0.15, 0.2) is 30.3 Å². The lowest BCUT2D eigenvalue weighted by Crippen LogP contribution is -2.56. The number of β-amino-alcohol motifs (C(OH)–C–C–N with tert-alkyl or cyclic N) is 1. The van der Waals surface area contributed by atoms with Gasteiger partial charge in [0.15, 0.2) is 0 Å². The van der Waals surface area contributed by atoms with Gasteiger partial charge in [-0.1, -0.05) is 36.8 Å². The van der Waals surface area contributed by atoms with Crippen LogP contribution in [0.5, 0.6) is 0 Å². The molecule has 2 saturated carbocycles. The first-order chi connectivity index (χ1) is 17.7. The highest BCUT2D eigenvalue weighted by molar-refractivity contribution is 5.80. The van der Waals surface area contributed by atoms with Crippen LogP contribution < -0.4 is 0 Å². The average molecular weight is 513 g/mol. The minimum Gasteiger partial charge on any atom is -0.390 e. The Morgan fingerprint density at radius 2 is 1.73 bits per heavy atom. The second-order valence-corrected chi connectivity index (χ2v) is 12.1. The molecule has 204 valence electrons. The highest BCUT2D eigenvalue weighted by Gasteiger charge is 2.54. The molecule has 1 aromatic rings. The van der Waals surface area contributed by atoms with E-state index in [4.69, 9.17) is 0 Å². The highest BCUT2D eigenvalue weighted by atomic mass is 16.3. The molecule has 0 bridgehead atoms. The van der Waals surface area contributed by atoms with Gasteiger partial charge in [-0.15, -0.1) is 0 Å². The fourth-order valence-electron chi connectivity index (χ4n) is 7.10. The van der Waals surface area contributed by atoms with Crippen LogP contribution in [-0.2, 0) is 10.3 Å². The Bertz CT molecular complexity index is 958. The second kappa shape index (κ2) is 10.5. The first-order valence-corrected chi connectivity index (χ1v) is 14.2. The number of urea groups is 1. The smallest absolute Gasteiger partial charge is 0.320 e. The summed E-state index contributed by atoms with van der Waals surface area (Å²) in [6.07, 6.45) is 6.57. The first kappa shape index (κ1) is 26.4. The lowest BCUT2D eigenvalue weighted by Gasteiger charge is -2.51. The Hall–Kier alpha value is -2.16. The van der Waals surface area contributed by atoms with E-state index in [1.165, 1.54) is 24.8 Å². The number of likely N-dealkylation sites (tertiary alicyclic amines) is 1. The number of carbonyl (C=O) groups is 2. The fraction of sp³-hybridized carbons (Fsp3) is 0.724. The topological polar surface area (TPSA) is 87.6 Å². The van der Waals surface area contributed by atoms with Gasteiger partial charge in [-0.05, 0) is 70.5 Å². The van der Waals surface area contributed by atoms with Crippen molar-refractivity contribution >= 4 is 11.9 Å². The van der Waals surface area contributed by atoms with E-state index in [2.05, 4.69) is 54.2 Å². The first-order valence-electron chi connectivity index (χ1n) is 14.2. The molecule has 1 aromatic carbocycles. The van der Waals surface area contributed by atoms with Crippen molar-refractivity contribution in [3.63, 3.8) is 0 Å². The molecule has 0 aromatic heterocycles. The maximum atomic E-state index is 13.7. The third kappa shape index (κ3) is 5.00. The summed E-state index contributed by atoms with van der Waals surface area (Å²) < 4.78 is 0. The van der Waals surface area contributed by atoms with E-state index >= 15 is 0 Å². The Morgan fingerprint density at radius 1 is 1.03 bits per heavy atom. The number of nitrogens with zero attached hydrogens (tertiary/aromatic N) is 4. The van der Waals surface area contributed by atoms with Crippen molar-refractivity contribution in [2.24, 2.45) is 5.92 Å². The van der Waals surface area contributed by atoms with Crippen LogP contribution in [0.2, 0.25) is 0 Å². The van der Waals surface area contributed by atoms with Crippen molar-refractivity contribution in [1.82, 2.24) is 19.6 Å². The largest absolute Gasteiger partial charge is 0.390 e. The number of hydrogen-bond acceptors (Lipinski definition) is 5. The minimum absolute atomic E-state index is 0.0270. The van der Waals surface area contributed by atoms with Gasteiger partial charge < -0.3 is 24.9 Å². The van der Waals surface area contributed by atoms with Gasteiger partial charge in [-0.25, -0.2) is 4.79 Å². The van der Waals surface area contributed by atoms with E-state index < -0.39 is 12.2 Å². The fourth-order valence-corrected chi connectivity index (χ4v) is 7.10. The maximum absolute atomic E-state index is 13.7. The van der Waals surface area contributed by atoms with Gasteiger partial charge in [0.25, 0.3) is 0 Å². The molecule has 2 heterocycles. The van der Waals surface area contributed by atoms with E-state index in [1.807, 2.05) is 4.90 Å². The van der Waals surface area contributed by atoms with Gasteiger partial charge in [0.1, 0.15) is 0 Å². The summed E-state index contributed by atoms with van der Waals surface area (Å²) in [6, 6.07) is 10.9. The summed E-state index contributed by atoms with van der Waals surface area (Å²) in [5.74, 6) is 0.544. The Balaban J connectivity index is 1.29. The molecule has 8 nitrogen and oxygen atoms in total. The number of piperidine rings is 1.